The molecule has 0 radical (unpaired) electrons. The highest BCUT2D eigenvalue weighted by molar-refractivity contribution is 5.26. The zero-order valence-corrected chi connectivity index (χ0v) is 9.17. The van der Waals surface area contributed by atoms with Gasteiger partial charge in [0.15, 0.2) is 0 Å². The van der Waals surface area contributed by atoms with Crippen molar-refractivity contribution >= 4 is 6.72 Å². The molecule has 0 fully saturated rings. The summed E-state index contributed by atoms with van der Waals surface area (Å²) in [6.45, 7) is 13.7. The number of rotatable bonds is 5. The van der Waals surface area contributed by atoms with Crippen LogP contribution in [0.25, 0.3) is 0 Å². The fourth-order valence-electron chi connectivity index (χ4n) is 1.10. The molecule has 0 aliphatic rings. The Balaban J connectivity index is 4.41. The molecule has 0 rings (SSSR count). The van der Waals surface area contributed by atoms with Crippen molar-refractivity contribution in [3.8, 4) is 0 Å². The van der Waals surface area contributed by atoms with Gasteiger partial charge in [0.2, 0.25) is 0 Å². The predicted molar refractivity (Wildman–Crippen MR) is 60.0 cm³/mol. The van der Waals surface area contributed by atoms with E-state index in [0.29, 0.717) is 6.04 Å². The summed E-state index contributed by atoms with van der Waals surface area (Å²) in [5.41, 5.74) is 2.34. The SMILES string of the molecule is C=N/C=C(/C)N(C)C(C)C(=C)CC. The lowest BCUT2D eigenvalue weighted by Gasteiger charge is -2.28. The maximum atomic E-state index is 4.02. The van der Waals surface area contributed by atoms with Crippen LogP contribution in [0.1, 0.15) is 27.2 Å². The minimum Gasteiger partial charge on any atom is -0.370 e. The second-order valence-electron chi connectivity index (χ2n) is 3.25. The second-order valence-corrected chi connectivity index (χ2v) is 3.25. The third-order valence-electron chi connectivity index (χ3n) is 2.46. The summed E-state index contributed by atoms with van der Waals surface area (Å²) in [6, 6.07) is 0.364. The molecule has 0 N–H and O–H groups in total. The lowest BCUT2D eigenvalue weighted by Crippen LogP contribution is -2.28. The Morgan fingerprint density at radius 1 is 1.62 bits per heavy atom. The van der Waals surface area contributed by atoms with Crippen LogP contribution in [-0.4, -0.2) is 24.7 Å². The van der Waals surface area contributed by atoms with Crippen LogP contribution < -0.4 is 0 Å². The van der Waals surface area contributed by atoms with E-state index in [-0.39, 0.29) is 0 Å². The molecular weight excluding hydrogens is 160 g/mol. The van der Waals surface area contributed by atoms with Gasteiger partial charge in [0.05, 0.1) is 0 Å². The zero-order chi connectivity index (χ0) is 10.4. The van der Waals surface area contributed by atoms with Crippen LogP contribution in [0.4, 0.5) is 0 Å². The van der Waals surface area contributed by atoms with E-state index >= 15 is 0 Å². The van der Waals surface area contributed by atoms with Crippen molar-refractivity contribution in [3.63, 3.8) is 0 Å². The summed E-state index contributed by atoms with van der Waals surface area (Å²) in [7, 11) is 2.04. The first-order chi connectivity index (χ1) is 6.04. The summed E-state index contributed by atoms with van der Waals surface area (Å²) in [4.78, 5) is 5.89. The van der Waals surface area contributed by atoms with Crippen LogP contribution in [-0.2, 0) is 0 Å². The number of likely N-dealkylation sites (N-methyl/N-ethyl adjacent to an activating group) is 1. The Kier molecular flexibility index (Phi) is 5.12. The minimum absolute atomic E-state index is 0.364. The van der Waals surface area contributed by atoms with E-state index in [4.69, 9.17) is 0 Å². The Morgan fingerprint density at radius 2 is 2.15 bits per heavy atom. The summed E-state index contributed by atoms with van der Waals surface area (Å²) in [5.74, 6) is 0. The molecule has 0 bridgehead atoms. The number of nitrogens with zero attached hydrogens (tertiary/aromatic N) is 2. The first kappa shape index (κ1) is 11.9. The van der Waals surface area contributed by atoms with Crippen molar-refractivity contribution in [2.24, 2.45) is 4.99 Å². The summed E-state index contributed by atoms with van der Waals surface area (Å²) in [5, 5.41) is 0. The molecule has 1 unspecified atom stereocenters. The van der Waals surface area contributed by atoms with Crippen molar-refractivity contribution in [3.05, 3.63) is 24.0 Å². The highest BCUT2D eigenvalue weighted by Crippen LogP contribution is 2.14. The molecule has 74 valence electrons. The van der Waals surface area contributed by atoms with Gasteiger partial charge in [-0.2, -0.15) is 0 Å². The molecule has 0 saturated carbocycles. The molecule has 0 saturated heterocycles. The Labute approximate surface area is 81.7 Å². The van der Waals surface area contributed by atoms with Gasteiger partial charge < -0.3 is 4.90 Å². The number of hydrogen-bond donors (Lipinski definition) is 0. The normalized spacial score (nSPS) is 13.7. The van der Waals surface area contributed by atoms with Gasteiger partial charge in [-0.05, 0) is 27.0 Å². The Bertz CT molecular complexity index is 216. The average molecular weight is 180 g/mol. The third kappa shape index (κ3) is 3.45. The van der Waals surface area contributed by atoms with E-state index < -0.39 is 0 Å². The quantitative estimate of drug-likeness (QED) is 0.469. The van der Waals surface area contributed by atoms with Gasteiger partial charge in [0, 0.05) is 25.0 Å². The molecule has 0 aromatic heterocycles. The predicted octanol–water partition coefficient (Wildman–Crippen LogP) is 2.83. The van der Waals surface area contributed by atoms with Crippen LogP contribution in [0, 0.1) is 0 Å². The lowest BCUT2D eigenvalue weighted by molar-refractivity contribution is 0.355. The number of allylic oxidation sites excluding steroid dienone is 1. The van der Waals surface area contributed by atoms with Crippen LogP contribution in [0.15, 0.2) is 29.0 Å². The van der Waals surface area contributed by atoms with Crippen molar-refractivity contribution in [2.45, 2.75) is 33.2 Å². The van der Waals surface area contributed by atoms with Crippen LogP contribution >= 0.6 is 0 Å². The van der Waals surface area contributed by atoms with Gasteiger partial charge in [-0.1, -0.05) is 19.1 Å². The fraction of sp³-hybridized carbons (Fsp3) is 0.545. The number of aliphatic imine (C=N–C) groups is 1. The van der Waals surface area contributed by atoms with Crippen LogP contribution in [0.5, 0.6) is 0 Å². The lowest BCUT2D eigenvalue weighted by atomic mass is 10.1. The van der Waals surface area contributed by atoms with Gasteiger partial charge in [0.25, 0.3) is 0 Å². The maximum absolute atomic E-state index is 4.02. The highest BCUT2D eigenvalue weighted by Gasteiger charge is 2.10. The molecule has 0 aromatic carbocycles. The van der Waals surface area contributed by atoms with E-state index in [1.54, 1.807) is 6.20 Å². The summed E-state index contributed by atoms with van der Waals surface area (Å²) < 4.78 is 0. The smallest absolute Gasteiger partial charge is 0.0465 e. The van der Waals surface area contributed by atoms with E-state index in [1.165, 1.54) is 5.57 Å². The van der Waals surface area contributed by atoms with Crippen molar-refractivity contribution in [1.82, 2.24) is 4.90 Å². The third-order valence-corrected chi connectivity index (χ3v) is 2.46. The van der Waals surface area contributed by atoms with Gasteiger partial charge in [-0.25, -0.2) is 0 Å². The molecule has 0 aliphatic carbocycles. The van der Waals surface area contributed by atoms with E-state index in [1.807, 2.05) is 14.0 Å². The Hall–Kier alpha value is -1.05. The fourth-order valence-corrected chi connectivity index (χ4v) is 1.10. The molecule has 2 heteroatoms. The highest BCUT2D eigenvalue weighted by atomic mass is 15.1. The molecule has 13 heavy (non-hydrogen) atoms. The first-order valence-corrected chi connectivity index (χ1v) is 4.57. The summed E-state index contributed by atoms with van der Waals surface area (Å²) in [6.07, 6.45) is 2.78. The molecule has 2 nitrogen and oxygen atoms in total. The van der Waals surface area contributed by atoms with Crippen molar-refractivity contribution in [1.29, 1.82) is 0 Å². The molecule has 0 amide bonds. The molecule has 0 spiro atoms. The summed E-state index contributed by atoms with van der Waals surface area (Å²) >= 11 is 0. The van der Waals surface area contributed by atoms with Gasteiger partial charge in [0.1, 0.15) is 0 Å². The largest absolute Gasteiger partial charge is 0.370 e. The first-order valence-electron chi connectivity index (χ1n) is 4.57. The average Bonchev–Trinajstić information content (AvgIpc) is 2.14. The van der Waals surface area contributed by atoms with E-state index in [2.05, 4.69) is 37.0 Å². The standard InChI is InChI=1S/C11H20N2/c1-7-9(2)11(4)13(6)10(3)8-12-5/h8,11H,2,5,7H2,1,3-4,6H3/b10-8-. The monoisotopic (exact) mass is 180 g/mol. The van der Waals surface area contributed by atoms with E-state index in [0.717, 1.165) is 12.1 Å². The molecule has 0 aromatic rings. The van der Waals surface area contributed by atoms with Gasteiger partial charge in [-0.3, -0.25) is 4.99 Å². The number of hydrogen-bond acceptors (Lipinski definition) is 2. The topological polar surface area (TPSA) is 15.6 Å². The molecule has 1 atom stereocenters. The van der Waals surface area contributed by atoms with Crippen LogP contribution in [0.3, 0.4) is 0 Å². The van der Waals surface area contributed by atoms with Gasteiger partial charge >= 0.3 is 0 Å². The molecular formula is C11H20N2. The molecule has 0 aliphatic heterocycles. The second kappa shape index (κ2) is 5.57. The Morgan fingerprint density at radius 3 is 2.54 bits per heavy atom. The van der Waals surface area contributed by atoms with Crippen LogP contribution in [0.2, 0.25) is 0 Å². The molecule has 0 heterocycles. The minimum atomic E-state index is 0.364. The van der Waals surface area contributed by atoms with E-state index in [9.17, 15) is 0 Å². The zero-order valence-electron chi connectivity index (χ0n) is 9.17. The van der Waals surface area contributed by atoms with Gasteiger partial charge in [-0.15, -0.1) is 0 Å². The van der Waals surface area contributed by atoms with Crippen molar-refractivity contribution < 1.29 is 0 Å². The maximum Gasteiger partial charge on any atom is 0.0465 e. The van der Waals surface area contributed by atoms with Crippen molar-refractivity contribution in [2.75, 3.05) is 7.05 Å².